The molecule has 25 heavy (non-hydrogen) atoms. The average molecular weight is 347 g/mol. The molecule has 0 radical (unpaired) electrons. The van der Waals surface area contributed by atoms with Crippen LogP contribution in [0.3, 0.4) is 0 Å². The zero-order chi connectivity index (χ0) is 18.8. The first kappa shape index (κ1) is 20.7. The third-order valence-corrected chi connectivity index (χ3v) is 4.04. The van der Waals surface area contributed by atoms with Crippen LogP contribution >= 0.6 is 0 Å². The van der Waals surface area contributed by atoms with E-state index in [9.17, 15) is 9.59 Å². The SMILES string of the molecule is CCC(C)C(=O)N(CCOC(=O)/C=C/c1ccc(OC)cc1)C(C)C. The second-order valence-corrected chi connectivity index (χ2v) is 6.21. The monoisotopic (exact) mass is 347 g/mol. The van der Waals surface area contributed by atoms with Gasteiger partial charge in [0.05, 0.1) is 13.7 Å². The van der Waals surface area contributed by atoms with Crippen molar-refractivity contribution in [1.29, 1.82) is 0 Å². The van der Waals surface area contributed by atoms with Crippen LogP contribution in [0.4, 0.5) is 0 Å². The van der Waals surface area contributed by atoms with Crippen molar-refractivity contribution in [2.75, 3.05) is 20.3 Å². The van der Waals surface area contributed by atoms with Gasteiger partial charge in [-0.2, -0.15) is 0 Å². The highest BCUT2D eigenvalue weighted by molar-refractivity contribution is 5.87. The molecule has 0 aliphatic heterocycles. The maximum atomic E-state index is 12.3. The van der Waals surface area contributed by atoms with Crippen LogP contribution in [-0.2, 0) is 14.3 Å². The molecule has 0 saturated carbocycles. The lowest BCUT2D eigenvalue weighted by Crippen LogP contribution is -2.42. The Kier molecular flexibility index (Phi) is 8.75. The quantitative estimate of drug-likeness (QED) is 0.506. The van der Waals surface area contributed by atoms with E-state index < -0.39 is 5.97 Å². The number of esters is 1. The summed E-state index contributed by atoms with van der Waals surface area (Å²) in [5.74, 6) is 0.422. The number of carbonyl (C=O) groups is 2. The molecule has 0 aromatic heterocycles. The van der Waals surface area contributed by atoms with Crippen LogP contribution < -0.4 is 4.74 Å². The molecular formula is C20H29NO4. The molecule has 0 fully saturated rings. The number of hydrogen-bond donors (Lipinski definition) is 0. The topological polar surface area (TPSA) is 55.8 Å². The summed E-state index contributed by atoms with van der Waals surface area (Å²) < 4.78 is 10.3. The van der Waals surface area contributed by atoms with Crippen molar-refractivity contribution in [3.8, 4) is 5.75 Å². The third-order valence-electron chi connectivity index (χ3n) is 4.04. The standard InChI is InChI=1S/C20H29NO4/c1-6-16(4)20(23)21(15(2)3)13-14-25-19(22)12-9-17-7-10-18(24-5)11-8-17/h7-12,15-16H,6,13-14H2,1-5H3/b12-9+. The zero-order valence-corrected chi connectivity index (χ0v) is 15.8. The molecule has 1 unspecified atom stereocenters. The zero-order valence-electron chi connectivity index (χ0n) is 15.8. The molecule has 1 aromatic rings. The van der Waals surface area contributed by atoms with Gasteiger partial charge in [0, 0.05) is 18.0 Å². The normalized spacial score (nSPS) is 12.2. The van der Waals surface area contributed by atoms with Crippen LogP contribution in [0.5, 0.6) is 5.75 Å². The molecule has 0 saturated heterocycles. The minimum absolute atomic E-state index is 0.0203. The van der Waals surface area contributed by atoms with Gasteiger partial charge in [0.25, 0.3) is 0 Å². The van der Waals surface area contributed by atoms with Gasteiger partial charge in [-0.05, 0) is 44.0 Å². The summed E-state index contributed by atoms with van der Waals surface area (Å²) in [6.45, 7) is 8.43. The highest BCUT2D eigenvalue weighted by atomic mass is 16.5. The van der Waals surface area contributed by atoms with Crippen molar-refractivity contribution in [3.05, 3.63) is 35.9 Å². The van der Waals surface area contributed by atoms with Crippen LogP contribution in [0, 0.1) is 5.92 Å². The molecule has 138 valence electrons. The van der Waals surface area contributed by atoms with Gasteiger partial charge in [-0.15, -0.1) is 0 Å². The number of benzene rings is 1. The van der Waals surface area contributed by atoms with Crippen molar-refractivity contribution in [2.24, 2.45) is 5.92 Å². The molecule has 5 heteroatoms. The molecule has 0 aliphatic carbocycles. The molecule has 1 rings (SSSR count). The Hall–Kier alpha value is -2.30. The number of hydrogen-bond acceptors (Lipinski definition) is 4. The van der Waals surface area contributed by atoms with Crippen molar-refractivity contribution >= 4 is 18.0 Å². The van der Waals surface area contributed by atoms with E-state index in [1.54, 1.807) is 18.1 Å². The lowest BCUT2D eigenvalue weighted by molar-refractivity contribution is -0.143. The van der Waals surface area contributed by atoms with Gasteiger partial charge in [0.2, 0.25) is 5.91 Å². The van der Waals surface area contributed by atoms with Gasteiger partial charge in [-0.1, -0.05) is 26.0 Å². The summed E-state index contributed by atoms with van der Waals surface area (Å²) in [6.07, 6.45) is 3.87. The fourth-order valence-electron chi connectivity index (χ4n) is 2.25. The average Bonchev–Trinajstić information content (AvgIpc) is 2.62. The fourth-order valence-corrected chi connectivity index (χ4v) is 2.25. The van der Waals surface area contributed by atoms with Crippen LogP contribution in [0.25, 0.3) is 6.08 Å². The summed E-state index contributed by atoms with van der Waals surface area (Å²) in [6, 6.07) is 7.44. The Morgan fingerprint density at radius 1 is 1.16 bits per heavy atom. The Bertz CT molecular complexity index is 578. The number of methoxy groups -OCH3 is 1. The number of nitrogens with zero attached hydrogens (tertiary/aromatic N) is 1. The highest BCUT2D eigenvalue weighted by Gasteiger charge is 2.21. The molecule has 1 atom stereocenters. The first-order valence-electron chi connectivity index (χ1n) is 8.68. The largest absolute Gasteiger partial charge is 0.497 e. The van der Waals surface area contributed by atoms with E-state index in [2.05, 4.69) is 0 Å². The van der Waals surface area contributed by atoms with Gasteiger partial charge in [0.15, 0.2) is 0 Å². The maximum Gasteiger partial charge on any atom is 0.330 e. The first-order valence-corrected chi connectivity index (χ1v) is 8.68. The molecule has 0 N–H and O–H groups in total. The Morgan fingerprint density at radius 3 is 2.32 bits per heavy atom. The van der Waals surface area contributed by atoms with E-state index >= 15 is 0 Å². The summed E-state index contributed by atoms with van der Waals surface area (Å²) in [5.41, 5.74) is 0.883. The van der Waals surface area contributed by atoms with Crippen molar-refractivity contribution < 1.29 is 19.1 Å². The van der Waals surface area contributed by atoms with E-state index in [1.165, 1.54) is 6.08 Å². The molecule has 5 nitrogen and oxygen atoms in total. The fraction of sp³-hybridized carbons (Fsp3) is 0.500. The Balaban J connectivity index is 2.48. The van der Waals surface area contributed by atoms with Crippen LogP contribution in [0.1, 0.15) is 39.7 Å². The van der Waals surface area contributed by atoms with E-state index in [0.29, 0.717) is 6.54 Å². The lowest BCUT2D eigenvalue weighted by atomic mass is 10.1. The smallest absolute Gasteiger partial charge is 0.330 e. The molecule has 1 amide bonds. The predicted octanol–water partition coefficient (Wildman–Crippen LogP) is 3.53. The molecular weight excluding hydrogens is 318 g/mol. The number of amides is 1. The summed E-state index contributed by atoms with van der Waals surface area (Å²) >= 11 is 0. The van der Waals surface area contributed by atoms with Crippen molar-refractivity contribution in [3.63, 3.8) is 0 Å². The van der Waals surface area contributed by atoms with Gasteiger partial charge in [0.1, 0.15) is 12.4 Å². The van der Waals surface area contributed by atoms with Gasteiger partial charge < -0.3 is 14.4 Å². The van der Waals surface area contributed by atoms with Crippen LogP contribution in [0.2, 0.25) is 0 Å². The minimum Gasteiger partial charge on any atom is -0.497 e. The Labute approximate surface area is 150 Å². The summed E-state index contributed by atoms with van der Waals surface area (Å²) in [7, 11) is 1.61. The van der Waals surface area contributed by atoms with Crippen molar-refractivity contribution in [1.82, 2.24) is 4.90 Å². The van der Waals surface area contributed by atoms with Crippen LogP contribution in [0.15, 0.2) is 30.3 Å². The summed E-state index contributed by atoms with van der Waals surface area (Å²) in [4.78, 5) is 25.9. The van der Waals surface area contributed by atoms with E-state index in [-0.39, 0.29) is 24.5 Å². The second kappa shape index (κ2) is 10.5. The lowest BCUT2D eigenvalue weighted by Gasteiger charge is -2.28. The van der Waals surface area contributed by atoms with Crippen molar-refractivity contribution in [2.45, 2.75) is 40.2 Å². The number of ether oxygens (including phenoxy) is 2. The third kappa shape index (κ3) is 6.99. The van der Waals surface area contributed by atoms with Crippen LogP contribution in [-0.4, -0.2) is 43.1 Å². The number of rotatable bonds is 9. The van der Waals surface area contributed by atoms with Gasteiger partial charge >= 0.3 is 5.97 Å². The first-order chi connectivity index (χ1) is 11.9. The van der Waals surface area contributed by atoms with Gasteiger partial charge in [-0.25, -0.2) is 4.79 Å². The molecule has 0 heterocycles. The molecule has 0 aliphatic rings. The number of carbonyl (C=O) groups excluding carboxylic acids is 2. The molecule has 1 aromatic carbocycles. The van der Waals surface area contributed by atoms with E-state index in [0.717, 1.165) is 17.7 Å². The molecule has 0 spiro atoms. The molecule has 0 bridgehead atoms. The maximum absolute atomic E-state index is 12.3. The summed E-state index contributed by atoms with van der Waals surface area (Å²) in [5, 5.41) is 0. The Morgan fingerprint density at radius 2 is 1.80 bits per heavy atom. The van der Waals surface area contributed by atoms with E-state index in [1.807, 2.05) is 52.0 Å². The highest BCUT2D eigenvalue weighted by Crippen LogP contribution is 2.12. The van der Waals surface area contributed by atoms with E-state index in [4.69, 9.17) is 9.47 Å². The van der Waals surface area contributed by atoms with Gasteiger partial charge in [-0.3, -0.25) is 4.79 Å². The predicted molar refractivity (Wildman–Crippen MR) is 99.3 cm³/mol. The minimum atomic E-state index is -0.421. The second-order valence-electron chi connectivity index (χ2n) is 6.21.